The van der Waals surface area contributed by atoms with E-state index in [4.69, 9.17) is 28.9 Å². The summed E-state index contributed by atoms with van der Waals surface area (Å²) >= 11 is 11.8. The summed E-state index contributed by atoms with van der Waals surface area (Å²) in [6, 6.07) is 3.41. The van der Waals surface area contributed by atoms with Crippen molar-refractivity contribution in [3.05, 3.63) is 22.2 Å². The summed E-state index contributed by atoms with van der Waals surface area (Å²) in [6.07, 6.45) is 0. The van der Waals surface area contributed by atoms with E-state index < -0.39 is 0 Å². The Hall–Kier alpha value is -1.13. The third-order valence-electron chi connectivity index (χ3n) is 2.05. The first-order chi connectivity index (χ1) is 7.18. The summed E-state index contributed by atoms with van der Waals surface area (Å²) in [4.78, 5) is 4.28. The minimum atomic E-state index is 0.359. The van der Waals surface area contributed by atoms with Gasteiger partial charge in [-0.3, -0.25) is 0 Å². The molecule has 1 aromatic rings. The van der Waals surface area contributed by atoms with Crippen molar-refractivity contribution < 1.29 is 0 Å². The van der Waals surface area contributed by atoms with Crippen LogP contribution in [0.5, 0.6) is 0 Å². The van der Waals surface area contributed by atoms with Crippen LogP contribution in [0.3, 0.4) is 0 Å². The Morgan fingerprint density at radius 3 is 2.53 bits per heavy atom. The first-order valence-electron chi connectivity index (χ1n) is 4.48. The van der Waals surface area contributed by atoms with Gasteiger partial charge in [0.15, 0.2) is 5.96 Å². The van der Waals surface area contributed by atoms with Gasteiger partial charge < -0.3 is 16.4 Å². The van der Waals surface area contributed by atoms with Crippen molar-refractivity contribution in [2.75, 3.05) is 18.8 Å². The Bertz CT molecular complexity index is 409. The van der Waals surface area contributed by atoms with Crippen molar-refractivity contribution in [1.82, 2.24) is 10.6 Å². The van der Waals surface area contributed by atoms with Gasteiger partial charge in [-0.25, -0.2) is 4.99 Å². The molecule has 1 heterocycles. The standard InChI is InChI=1S/C9H10Cl2N4/c10-5-1-2-6(7(11)8(5)12)15-9-13-3-4-14-9/h1-2H,3-4,12H2,(H2,13,14,15). The molecule has 0 radical (unpaired) electrons. The Balaban J connectivity index is 2.36. The number of nitrogens with zero attached hydrogens (tertiary/aromatic N) is 1. The summed E-state index contributed by atoms with van der Waals surface area (Å²) in [5, 5.41) is 6.97. The zero-order chi connectivity index (χ0) is 10.8. The number of guanidine groups is 1. The average Bonchev–Trinajstić information content (AvgIpc) is 2.72. The van der Waals surface area contributed by atoms with Crippen molar-refractivity contribution >= 4 is 40.5 Å². The molecule has 1 saturated heterocycles. The van der Waals surface area contributed by atoms with Crippen molar-refractivity contribution in [2.24, 2.45) is 4.99 Å². The maximum atomic E-state index is 6.00. The topological polar surface area (TPSA) is 62.4 Å². The smallest absolute Gasteiger partial charge is 0.196 e. The monoisotopic (exact) mass is 244 g/mol. The second-order valence-corrected chi connectivity index (χ2v) is 3.89. The molecule has 0 aromatic heterocycles. The number of nitrogens with two attached hydrogens (primary N) is 1. The number of nitrogens with one attached hydrogen (secondary N) is 2. The highest BCUT2D eigenvalue weighted by Crippen LogP contribution is 2.35. The number of hydrogen-bond donors (Lipinski definition) is 3. The highest BCUT2D eigenvalue weighted by molar-refractivity contribution is 6.40. The highest BCUT2D eigenvalue weighted by atomic mass is 35.5. The molecular formula is C9H10Cl2N4. The Morgan fingerprint density at radius 1 is 1.20 bits per heavy atom. The summed E-state index contributed by atoms with van der Waals surface area (Å²) in [5.74, 6) is 0.707. The average molecular weight is 245 g/mol. The summed E-state index contributed by atoms with van der Waals surface area (Å²) < 4.78 is 0. The van der Waals surface area contributed by atoms with Crippen LogP contribution in [0.15, 0.2) is 17.1 Å². The number of hydrogen-bond acceptors (Lipinski definition) is 2. The second kappa shape index (κ2) is 4.16. The van der Waals surface area contributed by atoms with Crippen molar-refractivity contribution in [3.63, 3.8) is 0 Å². The third kappa shape index (κ3) is 2.11. The Labute approximate surface area is 97.5 Å². The fourth-order valence-corrected chi connectivity index (χ4v) is 1.68. The summed E-state index contributed by atoms with van der Waals surface area (Å²) in [6.45, 7) is 1.72. The first-order valence-corrected chi connectivity index (χ1v) is 5.24. The van der Waals surface area contributed by atoms with Gasteiger partial charge in [0, 0.05) is 13.1 Å². The van der Waals surface area contributed by atoms with Crippen LogP contribution in [0.4, 0.5) is 11.4 Å². The molecule has 4 N–H and O–H groups in total. The summed E-state index contributed by atoms with van der Waals surface area (Å²) in [7, 11) is 0. The lowest BCUT2D eigenvalue weighted by Crippen LogP contribution is -2.23. The molecule has 6 heteroatoms. The van der Waals surface area contributed by atoms with Gasteiger partial charge in [0.1, 0.15) is 0 Å². The lowest BCUT2D eigenvalue weighted by atomic mass is 10.3. The van der Waals surface area contributed by atoms with Crippen molar-refractivity contribution in [1.29, 1.82) is 0 Å². The number of rotatable bonds is 1. The van der Waals surface area contributed by atoms with E-state index >= 15 is 0 Å². The fourth-order valence-electron chi connectivity index (χ4n) is 1.27. The quantitative estimate of drug-likeness (QED) is 0.660. The van der Waals surface area contributed by atoms with Gasteiger partial charge >= 0.3 is 0 Å². The zero-order valence-corrected chi connectivity index (χ0v) is 9.36. The lowest BCUT2D eigenvalue weighted by Gasteiger charge is -2.05. The maximum absolute atomic E-state index is 6.00. The van der Waals surface area contributed by atoms with Gasteiger partial charge in [-0.1, -0.05) is 23.2 Å². The molecule has 80 valence electrons. The molecule has 0 saturated carbocycles. The molecule has 15 heavy (non-hydrogen) atoms. The van der Waals surface area contributed by atoms with Gasteiger partial charge in [-0.2, -0.15) is 0 Å². The molecule has 1 fully saturated rings. The van der Waals surface area contributed by atoms with Crippen LogP contribution in [-0.4, -0.2) is 19.0 Å². The SMILES string of the molecule is Nc1c(Cl)ccc(N=C2NCCN2)c1Cl. The second-order valence-electron chi connectivity index (χ2n) is 3.11. The molecule has 0 bridgehead atoms. The molecular weight excluding hydrogens is 235 g/mol. The zero-order valence-electron chi connectivity index (χ0n) is 7.85. The minimum Gasteiger partial charge on any atom is -0.396 e. The molecule has 4 nitrogen and oxygen atoms in total. The van der Waals surface area contributed by atoms with Crippen LogP contribution >= 0.6 is 23.2 Å². The normalized spacial score (nSPS) is 14.7. The number of anilines is 1. The largest absolute Gasteiger partial charge is 0.396 e. The molecule has 0 amide bonds. The van der Waals surface area contributed by atoms with Crippen LogP contribution in [0.25, 0.3) is 0 Å². The lowest BCUT2D eigenvalue weighted by molar-refractivity contribution is 0.942. The molecule has 1 aliphatic heterocycles. The van der Waals surface area contributed by atoms with E-state index in [0.717, 1.165) is 13.1 Å². The first kappa shape index (κ1) is 10.4. The van der Waals surface area contributed by atoms with E-state index in [0.29, 0.717) is 27.4 Å². The van der Waals surface area contributed by atoms with E-state index in [1.807, 2.05) is 0 Å². The van der Waals surface area contributed by atoms with Crippen LogP contribution in [0.1, 0.15) is 0 Å². The van der Waals surface area contributed by atoms with Gasteiger partial charge in [0.05, 0.1) is 21.4 Å². The number of nitrogen functional groups attached to an aromatic ring is 1. The highest BCUT2D eigenvalue weighted by Gasteiger charge is 2.10. The minimum absolute atomic E-state index is 0.359. The van der Waals surface area contributed by atoms with E-state index in [1.165, 1.54) is 0 Å². The molecule has 0 spiro atoms. The summed E-state index contributed by atoms with van der Waals surface area (Å²) in [5.41, 5.74) is 6.65. The molecule has 0 atom stereocenters. The van der Waals surface area contributed by atoms with E-state index in [1.54, 1.807) is 12.1 Å². The Morgan fingerprint density at radius 2 is 1.87 bits per heavy atom. The number of halogens is 2. The van der Waals surface area contributed by atoms with Gasteiger partial charge in [0.25, 0.3) is 0 Å². The molecule has 2 rings (SSSR count). The number of aliphatic imine (C=N–C) groups is 1. The van der Waals surface area contributed by atoms with Crippen LogP contribution in [0, 0.1) is 0 Å². The molecule has 1 aliphatic rings. The van der Waals surface area contributed by atoms with Crippen LogP contribution in [-0.2, 0) is 0 Å². The molecule has 1 aromatic carbocycles. The van der Waals surface area contributed by atoms with Crippen molar-refractivity contribution in [2.45, 2.75) is 0 Å². The van der Waals surface area contributed by atoms with Gasteiger partial charge in [-0.05, 0) is 12.1 Å². The van der Waals surface area contributed by atoms with Crippen LogP contribution < -0.4 is 16.4 Å². The number of benzene rings is 1. The fraction of sp³-hybridized carbons (Fsp3) is 0.222. The maximum Gasteiger partial charge on any atom is 0.196 e. The predicted molar refractivity (Wildman–Crippen MR) is 64.0 cm³/mol. The van der Waals surface area contributed by atoms with E-state index in [9.17, 15) is 0 Å². The van der Waals surface area contributed by atoms with Crippen molar-refractivity contribution in [3.8, 4) is 0 Å². The molecule has 0 unspecified atom stereocenters. The van der Waals surface area contributed by atoms with E-state index in [2.05, 4.69) is 15.6 Å². The van der Waals surface area contributed by atoms with Gasteiger partial charge in [-0.15, -0.1) is 0 Å². The molecule has 0 aliphatic carbocycles. The predicted octanol–water partition coefficient (Wildman–Crippen LogP) is 1.76. The third-order valence-corrected chi connectivity index (χ3v) is 2.78. The Kier molecular flexibility index (Phi) is 2.88. The van der Waals surface area contributed by atoms with Crippen LogP contribution in [0.2, 0.25) is 10.0 Å². The van der Waals surface area contributed by atoms with E-state index in [-0.39, 0.29) is 0 Å². The van der Waals surface area contributed by atoms with Gasteiger partial charge in [0.2, 0.25) is 0 Å².